The highest BCUT2D eigenvalue weighted by atomic mass is 31.2. The van der Waals surface area contributed by atoms with Crippen LogP contribution in [0.1, 0.15) is 5.82 Å². The second-order valence-corrected chi connectivity index (χ2v) is 11.3. The lowest BCUT2D eigenvalue weighted by atomic mass is 10.2. The largest absolute Gasteiger partial charge is 0.249 e. The molecule has 5 aromatic rings. The van der Waals surface area contributed by atoms with Gasteiger partial charge in [-0.2, -0.15) is 5.10 Å². The van der Waals surface area contributed by atoms with Gasteiger partial charge in [-0.1, -0.05) is 84.9 Å². The summed E-state index contributed by atoms with van der Waals surface area (Å²) in [5.74, 6) is 1.77. The molecule has 4 heteroatoms. The smallest absolute Gasteiger partial charge is 0.181 e. The molecule has 1 heterocycles. The molecule has 3 nitrogen and oxygen atoms in total. The molecule has 0 unspecified atom stereocenters. The maximum atomic E-state index is 5.02. The summed E-state index contributed by atoms with van der Waals surface area (Å²) >= 11 is 0. The van der Waals surface area contributed by atoms with Gasteiger partial charge >= 0.3 is 0 Å². The van der Waals surface area contributed by atoms with Gasteiger partial charge in [-0.3, -0.25) is 0 Å². The highest BCUT2D eigenvalue weighted by Crippen LogP contribution is 2.57. The molecule has 0 atom stereocenters. The summed E-state index contributed by atoms with van der Waals surface area (Å²) in [6, 6.07) is 42.9. The van der Waals surface area contributed by atoms with Crippen LogP contribution in [-0.2, 0) is 13.2 Å². The van der Waals surface area contributed by atoms with E-state index < -0.39 is 7.26 Å². The summed E-state index contributed by atoms with van der Waals surface area (Å²) in [4.78, 5) is 5.02. The predicted octanol–water partition coefficient (Wildman–Crippen LogP) is 4.98. The van der Waals surface area contributed by atoms with E-state index in [2.05, 4.69) is 103 Å². The van der Waals surface area contributed by atoms with Crippen LogP contribution in [0.3, 0.4) is 0 Å². The number of rotatable bonds is 6. The third-order valence-electron chi connectivity index (χ3n) is 5.85. The minimum absolute atomic E-state index is 0.774. The molecule has 0 aliphatic rings. The molecule has 0 spiro atoms. The van der Waals surface area contributed by atoms with E-state index in [1.165, 1.54) is 15.9 Å². The SMILES string of the molecule is Cn1nc(-c2ccccc2)nc1C[P+](c1ccccc1)(c1ccccc1)c1ccccc1. The molecule has 1 aromatic heterocycles. The van der Waals surface area contributed by atoms with Gasteiger partial charge in [0.05, 0.1) is 0 Å². The highest BCUT2D eigenvalue weighted by Gasteiger charge is 2.46. The van der Waals surface area contributed by atoms with E-state index in [0.717, 1.165) is 23.4 Å². The maximum absolute atomic E-state index is 5.02. The maximum Gasteiger partial charge on any atom is 0.181 e. The second kappa shape index (κ2) is 8.90. The summed E-state index contributed by atoms with van der Waals surface area (Å²) in [6.07, 6.45) is 0.807. The first-order valence-electron chi connectivity index (χ1n) is 10.8. The van der Waals surface area contributed by atoms with Gasteiger partial charge in [-0.05, 0) is 36.4 Å². The van der Waals surface area contributed by atoms with Crippen LogP contribution in [0.2, 0.25) is 0 Å². The molecule has 0 fully saturated rings. The molecule has 0 N–H and O–H groups in total. The van der Waals surface area contributed by atoms with Gasteiger partial charge in [0.25, 0.3) is 0 Å². The normalized spacial score (nSPS) is 11.4. The molecule has 5 rings (SSSR count). The monoisotopic (exact) mass is 434 g/mol. The standard InChI is InChI=1S/C28H25N3P/c1-31-27(29-28(30-31)23-14-6-2-7-15-23)22-32(24-16-8-3-9-17-24,25-18-10-4-11-19-25)26-20-12-5-13-21-26/h2-21H,22H2,1H3/q+1. The van der Waals surface area contributed by atoms with Crippen LogP contribution in [0, 0.1) is 0 Å². The lowest BCUT2D eigenvalue weighted by Crippen LogP contribution is -2.33. The van der Waals surface area contributed by atoms with Gasteiger partial charge in [-0.25, -0.2) is 9.67 Å². The van der Waals surface area contributed by atoms with E-state index in [9.17, 15) is 0 Å². The third-order valence-corrected chi connectivity index (χ3v) is 10.2. The minimum atomic E-state index is -2.00. The molecule has 4 aromatic carbocycles. The number of hydrogen-bond donors (Lipinski definition) is 0. The van der Waals surface area contributed by atoms with Gasteiger partial charge < -0.3 is 0 Å². The van der Waals surface area contributed by atoms with E-state index in [-0.39, 0.29) is 0 Å². The first-order valence-corrected chi connectivity index (χ1v) is 12.7. The number of aromatic nitrogens is 3. The van der Waals surface area contributed by atoms with E-state index in [4.69, 9.17) is 10.1 Å². The fourth-order valence-corrected chi connectivity index (χ4v) is 8.43. The fraction of sp³-hybridized carbons (Fsp3) is 0.0714. The number of hydrogen-bond acceptors (Lipinski definition) is 2. The topological polar surface area (TPSA) is 30.7 Å². The predicted molar refractivity (Wildman–Crippen MR) is 135 cm³/mol. The van der Waals surface area contributed by atoms with Crippen molar-refractivity contribution in [2.75, 3.05) is 0 Å². The van der Waals surface area contributed by atoms with Crippen molar-refractivity contribution >= 4 is 23.2 Å². The number of benzene rings is 4. The van der Waals surface area contributed by atoms with Gasteiger partial charge in [-0.15, -0.1) is 0 Å². The Hall–Kier alpha value is -3.55. The van der Waals surface area contributed by atoms with Crippen molar-refractivity contribution in [1.82, 2.24) is 14.8 Å². The van der Waals surface area contributed by atoms with Crippen LogP contribution in [0.5, 0.6) is 0 Å². The molecular weight excluding hydrogens is 409 g/mol. The molecule has 0 saturated carbocycles. The Labute approximate surface area is 189 Å². The highest BCUT2D eigenvalue weighted by molar-refractivity contribution is 7.95. The quantitative estimate of drug-likeness (QED) is 0.353. The van der Waals surface area contributed by atoms with E-state index in [0.29, 0.717) is 0 Å². The number of nitrogens with zero attached hydrogens (tertiary/aromatic N) is 3. The Kier molecular flexibility index (Phi) is 5.66. The Morgan fingerprint density at radius 1 is 0.594 bits per heavy atom. The average molecular weight is 435 g/mol. The lowest BCUT2D eigenvalue weighted by Gasteiger charge is -2.27. The van der Waals surface area contributed by atoms with Crippen molar-refractivity contribution < 1.29 is 0 Å². The van der Waals surface area contributed by atoms with Crippen LogP contribution in [0.25, 0.3) is 11.4 Å². The first-order chi connectivity index (χ1) is 15.8. The summed E-state index contributed by atoms with van der Waals surface area (Å²) in [7, 11) is 0.000733. The Balaban J connectivity index is 1.72. The Bertz CT molecular complexity index is 1190. The molecule has 0 amide bonds. The van der Waals surface area contributed by atoms with Crippen LogP contribution in [0.15, 0.2) is 121 Å². The minimum Gasteiger partial charge on any atom is -0.249 e. The number of aryl methyl sites for hydroxylation is 1. The van der Waals surface area contributed by atoms with Crippen molar-refractivity contribution in [2.45, 2.75) is 6.16 Å². The van der Waals surface area contributed by atoms with Crippen molar-refractivity contribution in [3.8, 4) is 11.4 Å². The van der Waals surface area contributed by atoms with Crippen molar-refractivity contribution in [3.05, 3.63) is 127 Å². The molecule has 32 heavy (non-hydrogen) atoms. The van der Waals surface area contributed by atoms with Crippen LogP contribution in [-0.4, -0.2) is 14.8 Å². The van der Waals surface area contributed by atoms with Gasteiger partial charge in [0.2, 0.25) is 0 Å². The van der Waals surface area contributed by atoms with Gasteiger partial charge in [0.15, 0.2) is 11.6 Å². The Morgan fingerprint density at radius 2 is 1.00 bits per heavy atom. The molecule has 0 radical (unpaired) electrons. The van der Waals surface area contributed by atoms with E-state index >= 15 is 0 Å². The van der Waals surface area contributed by atoms with Crippen LogP contribution >= 0.6 is 7.26 Å². The fourth-order valence-electron chi connectivity index (χ4n) is 4.24. The zero-order valence-corrected chi connectivity index (χ0v) is 18.9. The molecule has 156 valence electrons. The van der Waals surface area contributed by atoms with Crippen molar-refractivity contribution in [2.24, 2.45) is 7.05 Å². The zero-order chi connectivity index (χ0) is 21.8. The summed E-state index contributed by atoms with van der Waals surface area (Å²) < 4.78 is 1.95. The molecular formula is C28H25N3P+. The molecule has 0 aliphatic heterocycles. The third kappa shape index (κ3) is 3.77. The summed E-state index contributed by atoms with van der Waals surface area (Å²) in [6.45, 7) is 0. The average Bonchev–Trinajstić information content (AvgIpc) is 3.24. The first kappa shape index (κ1) is 20.4. The van der Waals surface area contributed by atoms with Crippen LogP contribution in [0.4, 0.5) is 0 Å². The van der Waals surface area contributed by atoms with E-state index in [1.54, 1.807) is 0 Å². The lowest BCUT2D eigenvalue weighted by molar-refractivity contribution is 0.730. The Morgan fingerprint density at radius 3 is 1.44 bits per heavy atom. The van der Waals surface area contributed by atoms with E-state index in [1.807, 2.05) is 29.9 Å². The molecule has 0 saturated heterocycles. The van der Waals surface area contributed by atoms with Gasteiger partial charge in [0.1, 0.15) is 29.3 Å². The van der Waals surface area contributed by atoms with Crippen LogP contribution < -0.4 is 15.9 Å². The van der Waals surface area contributed by atoms with Gasteiger partial charge in [0, 0.05) is 12.6 Å². The summed E-state index contributed by atoms with van der Waals surface area (Å²) in [5.41, 5.74) is 1.04. The van der Waals surface area contributed by atoms with Crippen molar-refractivity contribution in [3.63, 3.8) is 0 Å². The summed E-state index contributed by atoms with van der Waals surface area (Å²) in [5, 5.41) is 8.82. The van der Waals surface area contributed by atoms with Crippen molar-refractivity contribution in [1.29, 1.82) is 0 Å². The second-order valence-electron chi connectivity index (χ2n) is 7.82. The zero-order valence-electron chi connectivity index (χ0n) is 18.0. The molecule has 0 aliphatic carbocycles. The molecule has 0 bridgehead atoms.